The van der Waals surface area contributed by atoms with Crippen LogP contribution in [0.15, 0.2) is 42.7 Å². The number of aromatic nitrogens is 4. The third-order valence-electron chi connectivity index (χ3n) is 6.29. The van der Waals surface area contributed by atoms with E-state index in [1.165, 1.54) is 6.07 Å². The number of hydrogen-bond acceptors (Lipinski definition) is 7. The molecule has 0 aliphatic carbocycles. The van der Waals surface area contributed by atoms with Crippen molar-refractivity contribution in [1.82, 2.24) is 25.1 Å². The SMILES string of the molecule is CN(c1ccc(-c2ccc(Oc3nccn3C)cc2O)nn1)[C@@H]1CC2CCC(N2)[C@@H]1F. The van der Waals surface area contributed by atoms with Crippen molar-refractivity contribution < 1.29 is 14.2 Å². The monoisotopic (exact) mass is 424 g/mol. The summed E-state index contributed by atoms with van der Waals surface area (Å²) in [7, 11) is 3.69. The number of anilines is 1. The fraction of sp³-hybridized carbons (Fsp3) is 0.409. The number of alkyl halides is 1. The number of phenolic OH excluding ortho intramolecular Hbond substituents is 1. The predicted molar refractivity (Wildman–Crippen MR) is 114 cm³/mol. The lowest BCUT2D eigenvalue weighted by molar-refractivity contribution is 0.176. The van der Waals surface area contributed by atoms with Crippen molar-refractivity contribution in [2.45, 2.75) is 43.6 Å². The molecule has 2 aromatic heterocycles. The van der Waals surface area contributed by atoms with Crippen LogP contribution in [0.2, 0.25) is 0 Å². The number of nitrogens with one attached hydrogen (secondary N) is 1. The number of nitrogens with zero attached hydrogens (tertiary/aromatic N) is 5. The van der Waals surface area contributed by atoms with Crippen LogP contribution >= 0.6 is 0 Å². The highest BCUT2D eigenvalue weighted by atomic mass is 19.1. The van der Waals surface area contributed by atoms with Crippen LogP contribution in [0.4, 0.5) is 10.2 Å². The van der Waals surface area contributed by atoms with E-state index in [4.69, 9.17) is 4.74 Å². The zero-order valence-corrected chi connectivity index (χ0v) is 17.4. The first kappa shape index (κ1) is 19.7. The van der Waals surface area contributed by atoms with Gasteiger partial charge in [-0.3, -0.25) is 0 Å². The highest BCUT2D eigenvalue weighted by Gasteiger charge is 2.43. The van der Waals surface area contributed by atoms with Crippen LogP contribution in [-0.4, -0.2) is 56.2 Å². The highest BCUT2D eigenvalue weighted by Crippen LogP contribution is 2.35. The lowest BCUT2D eigenvalue weighted by Gasteiger charge is -2.38. The summed E-state index contributed by atoms with van der Waals surface area (Å²) in [4.78, 5) is 5.99. The number of ether oxygens (including phenoxy) is 1. The predicted octanol–water partition coefficient (Wildman–Crippen LogP) is 3.04. The highest BCUT2D eigenvalue weighted by molar-refractivity contribution is 5.68. The van der Waals surface area contributed by atoms with Crippen LogP contribution in [0.5, 0.6) is 17.5 Å². The molecule has 31 heavy (non-hydrogen) atoms. The van der Waals surface area contributed by atoms with Gasteiger partial charge in [0.05, 0.1) is 11.7 Å². The Labute approximate surface area is 179 Å². The molecule has 1 aromatic carbocycles. The van der Waals surface area contributed by atoms with Gasteiger partial charge in [-0.1, -0.05) is 0 Å². The van der Waals surface area contributed by atoms with Gasteiger partial charge in [0.2, 0.25) is 0 Å². The Morgan fingerprint density at radius 3 is 2.81 bits per heavy atom. The molecule has 0 radical (unpaired) electrons. The number of benzene rings is 1. The minimum Gasteiger partial charge on any atom is -0.507 e. The number of halogens is 1. The molecule has 0 saturated carbocycles. The normalized spacial score (nSPS) is 24.9. The molecule has 5 rings (SSSR count). The topological polar surface area (TPSA) is 88.3 Å². The van der Waals surface area contributed by atoms with E-state index in [9.17, 15) is 9.50 Å². The van der Waals surface area contributed by atoms with Crippen molar-refractivity contribution in [3.8, 4) is 28.8 Å². The molecule has 4 atom stereocenters. The fourth-order valence-electron chi connectivity index (χ4n) is 4.52. The summed E-state index contributed by atoms with van der Waals surface area (Å²) in [6, 6.07) is 9.11. The molecule has 0 amide bonds. The van der Waals surface area contributed by atoms with E-state index in [2.05, 4.69) is 20.5 Å². The third kappa shape index (κ3) is 3.69. The number of aromatic hydroxyl groups is 1. The van der Waals surface area contributed by atoms with Crippen molar-refractivity contribution in [2.24, 2.45) is 7.05 Å². The molecule has 9 heteroatoms. The van der Waals surface area contributed by atoms with Crippen molar-refractivity contribution >= 4 is 5.82 Å². The molecule has 2 unspecified atom stereocenters. The number of fused-ring (bicyclic) bond motifs is 2. The number of phenols is 1. The minimum atomic E-state index is -0.930. The van der Waals surface area contributed by atoms with Crippen LogP contribution in [0, 0.1) is 0 Å². The van der Waals surface area contributed by atoms with Crippen molar-refractivity contribution in [3.63, 3.8) is 0 Å². The summed E-state index contributed by atoms with van der Waals surface area (Å²) in [5.41, 5.74) is 1.07. The number of imidazole rings is 1. The molecule has 0 spiro atoms. The maximum Gasteiger partial charge on any atom is 0.301 e. The Morgan fingerprint density at radius 2 is 2.10 bits per heavy atom. The van der Waals surface area contributed by atoms with Crippen LogP contribution < -0.4 is 15.0 Å². The van der Waals surface area contributed by atoms with E-state index >= 15 is 0 Å². The van der Waals surface area contributed by atoms with E-state index in [0.717, 1.165) is 19.3 Å². The standard InChI is InChI=1S/C22H25FN6O2/c1-28-10-9-24-22(28)31-14-4-5-15(19(30)12-14)16-7-8-20(27-26-16)29(2)18-11-13-3-6-17(25-13)21(18)23/h4-5,7-10,12-13,17-18,21,25,30H,3,6,11H2,1-2H3/t13?,17?,18-,21+/m1/s1. The summed E-state index contributed by atoms with van der Waals surface area (Å²) >= 11 is 0. The van der Waals surface area contributed by atoms with Gasteiger partial charge in [0.1, 0.15) is 17.7 Å². The molecular weight excluding hydrogens is 399 g/mol. The van der Waals surface area contributed by atoms with Gasteiger partial charge in [-0.2, -0.15) is 0 Å². The van der Waals surface area contributed by atoms with Gasteiger partial charge in [0, 0.05) is 50.2 Å². The number of rotatable bonds is 5. The summed E-state index contributed by atoms with van der Waals surface area (Å²) in [5.74, 6) is 1.11. The van der Waals surface area contributed by atoms with Crippen LogP contribution in [0.3, 0.4) is 0 Å². The van der Waals surface area contributed by atoms with Gasteiger partial charge >= 0.3 is 6.01 Å². The smallest absolute Gasteiger partial charge is 0.301 e. The van der Waals surface area contributed by atoms with E-state index in [1.807, 2.05) is 25.1 Å². The van der Waals surface area contributed by atoms with Crippen LogP contribution in [0.25, 0.3) is 11.3 Å². The average Bonchev–Trinajstić information content (AvgIpc) is 3.37. The zero-order valence-electron chi connectivity index (χ0n) is 17.4. The second-order valence-electron chi connectivity index (χ2n) is 8.28. The third-order valence-corrected chi connectivity index (χ3v) is 6.29. The Morgan fingerprint density at radius 1 is 1.23 bits per heavy atom. The van der Waals surface area contributed by atoms with E-state index in [0.29, 0.717) is 34.9 Å². The lowest BCUT2D eigenvalue weighted by Crippen LogP contribution is -2.55. The van der Waals surface area contributed by atoms with Crippen LogP contribution in [-0.2, 0) is 7.05 Å². The molecule has 2 fully saturated rings. The van der Waals surface area contributed by atoms with Gasteiger partial charge in [-0.25, -0.2) is 9.37 Å². The van der Waals surface area contributed by atoms with E-state index in [1.54, 1.807) is 35.2 Å². The van der Waals surface area contributed by atoms with Gasteiger partial charge < -0.3 is 24.6 Å². The Bertz CT molecular complexity index is 1070. The summed E-state index contributed by atoms with van der Waals surface area (Å²) in [6.07, 6.45) is 5.16. The quantitative estimate of drug-likeness (QED) is 0.651. The molecule has 162 valence electrons. The van der Waals surface area contributed by atoms with Crippen molar-refractivity contribution in [2.75, 3.05) is 11.9 Å². The van der Waals surface area contributed by atoms with E-state index < -0.39 is 6.17 Å². The van der Waals surface area contributed by atoms with Crippen molar-refractivity contribution in [3.05, 3.63) is 42.7 Å². The van der Waals surface area contributed by atoms with Crippen LogP contribution in [0.1, 0.15) is 19.3 Å². The Balaban J connectivity index is 1.32. The van der Waals surface area contributed by atoms with Gasteiger partial charge in [0.15, 0.2) is 5.82 Å². The molecule has 2 aliphatic heterocycles. The Hall–Kier alpha value is -3.20. The molecule has 2 bridgehead atoms. The molecule has 2 N–H and O–H groups in total. The molecule has 3 aromatic rings. The first-order chi connectivity index (χ1) is 15.0. The first-order valence-corrected chi connectivity index (χ1v) is 10.4. The van der Waals surface area contributed by atoms with Crippen molar-refractivity contribution in [1.29, 1.82) is 0 Å². The first-order valence-electron chi connectivity index (χ1n) is 10.4. The number of piperidine rings is 1. The minimum absolute atomic E-state index is 0.0286. The Kier molecular flexibility index (Phi) is 4.97. The van der Waals surface area contributed by atoms with Gasteiger partial charge in [-0.05, 0) is 43.5 Å². The molecule has 2 saturated heterocycles. The summed E-state index contributed by atoms with van der Waals surface area (Å²) in [5, 5.41) is 22.4. The number of hydrogen-bond donors (Lipinski definition) is 2. The maximum atomic E-state index is 14.9. The molecule has 2 aliphatic rings. The second-order valence-corrected chi connectivity index (χ2v) is 8.28. The largest absolute Gasteiger partial charge is 0.507 e. The summed E-state index contributed by atoms with van der Waals surface area (Å²) < 4.78 is 22.3. The average molecular weight is 424 g/mol. The van der Waals surface area contributed by atoms with E-state index in [-0.39, 0.29) is 17.8 Å². The lowest BCUT2D eigenvalue weighted by atomic mass is 9.96. The zero-order chi connectivity index (χ0) is 21.5. The number of aryl methyl sites for hydroxylation is 1. The molecule has 4 heterocycles. The summed E-state index contributed by atoms with van der Waals surface area (Å²) in [6.45, 7) is 0. The molecular formula is C22H25FN6O2. The van der Waals surface area contributed by atoms with Gasteiger partial charge in [0.25, 0.3) is 0 Å². The maximum absolute atomic E-state index is 14.9. The fourth-order valence-corrected chi connectivity index (χ4v) is 4.52. The second kappa shape index (κ2) is 7.81. The van der Waals surface area contributed by atoms with Gasteiger partial charge in [-0.15, -0.1) is 10.2 Å². The molecule has 8 nitrogen and oxygen atoms in total.